The third-order valence-corrected chi connectivity index (χ3v) is 3.00. The highest BCUT2D eigenvalue weighted by Gasteiger charge is 2.17. The number of pyridine rings is 1. The number of nitrogens with zero attached hydrogens (tertiary/aromatic N) is 2. The summed E-state index contributed by atoms with van der Waals surface area (Å²) in [7, 11) is 3.53. The van der Waals surface area contributed by atoms with Gasteiger partial charge in [0, 0.05) is 20.6 Å². The highest BCUT2D eigenvalue weighted by molar-refractivity contribution is 6.33. The lowest BCUT2D eigenvalue weighted by Gasteiger charge is -2.18. The van der Waals surface area contributed by atoms with Crippen molar-refractivity contribution in [2.45, 2.75) is 20.3 Å². The summed E-state index contributed by atoms with van der Waals surface area (Å²) >= 11 is 6.02. The van der Waals surface area contributed by atoms with E-state index in [0.717, 1.165) is 6.42 Å². The van der Waals surface area contributed by atoms with E-state index in [1.54, 1.807) is 31.1 Å². The number of carbonyl (C=O) groups is 1. The van der Waals surface area contributed by atoms with Crippen LogP contribution in [0.2, 0.25) is 5.02 Å². The lowest BCUT2D eigenvalue weighted by atomic mass is 10.1. The second kappa shape index (κ2) is 6.59. The number of hydrogen-bond acceptors (Lipinski definition) is 3. The van der Waals surface area contributed by atoms with E-state index < -0.39 is 0 Å². The molecule has 0 bridgehead atoms. The van der Waals surface area contributed by atoms with Crippen LogP contribution in [-0.4, -0.2) is 36.4 Å². The first-order valence-electron chi connectivity index (χ1n) is 6.05. The molecule has 1 aromatic rings. The van der Waals surface area contributed by atoms with Crippen molar-refractivity contribution in [1.29, 1.82) is 0 Å². The summed E-state index contributed by atoms with van der Waals surface area (Å²) in [5.74, 6) is 1.06. The number of amides is 1. The Morgan fingerprint density at radius 1 is 1.50 bits per heavy atom. The molecule has 1 heterocycles. The van der Waals surface area contributed by atoms with Gasteiger partial charge < -0.3 is 10.2 Å². The van der Waals surface area contributed by atoms with Gasteiger partial charge in [0.25, 0.3) is 5.91 Å². The van der Waals surface area contributed by atoms with Crippen LogP contribution in [-0.2, 0) is 0 Å². The zero-order chi connectivity index (χ0) is 13.7. The smallest absolute Gasteiger partial charge is 0.273 e. The summed E-state index contributed by atoms with van der Waals surface area (Å²) < 4.78 is 0. The second-order valence-corrected chi connectivity index (χ2v) is 5.09. The van der Waals surface area contributed by atoms with E-state index >= 15 is 0 Å². The third kappa shape index (κ3) is 3.88. The van der Waals surface area contributed by atoms with E-state index in [4.69, 9.17) is 11.6 Å². The standard InChI is InChI=1S/C13H20ClN3O/c1-9(2)7-8-17(4)13(18)12-10(14)5-6-11(15-3)16-12/h5-6,9H,7-8H2,1-4H3,(H,15,16). The van der Waals surface area contributed by atoms with Crippen LogP contribution >= 0.6 is 11.6 Å². The molecule has 0 aliphatic heterocycles. The molecule has 0 saturated heterocycles. The fourth-order valence-electron chi connectivity index (χ4n) is 1.47. The number of halogens is 1. The first-order valence-corrected chi connectivity index (χ1v) is 6.43. The highest BCUT2D eigenvalue weighted by atomic mass is 35.5. The van der Waals surface area contributed by atoms with Crippen LogP contribution in [0.4, 0.5) is 5.82 Å². The maximum absolute atomic E-state index is 12.2. The Labute approximate surface area is 113 Å². The van der Waals surface area contributed by atoms with Crippen LogP contribution in [0.15, 0.2) is 12.1 Å². The van der Waals surface area contributed by atoms with Crippen molar-refractivity contribution in [1.82, 2.24) is 9.88 Å². The van der Waals surface area contributed by atoms with Crippen molar-refractivity contribution in [3.8, 4) is 0 Å². The lowest BCUT2D eigenvalue weighted by molar-refractivity contribution is 0.0783. The van der Waals surface area contributed by atoms with Gasteiger partial charge in [-0.05, 0) is 24.5 Å². The molecule has 0 saturated carbocycles. The summed E-state index contributed by atoms with van der Waals surface area (Å²) in [6.45, 7) is 4.97. The van der Waals surface area contributed by atoms with Gasteiger partial charge in [0.1, 0.15) is 11.5 Å². The second-order valence-electron chi connectivity index (χ2n) is 4.69. The highest BCUT2D eigenvalue weighted by Crippen LogP contribution is 2.18. The van der Waals surface area contributed by atoms with Crippen LogP contribution in [0.1, 0.15) is 30.8 Å². The number of rotatable bonds is 5. The van der Waals surface area contributed by atoms with Crippen LogP contribution in [0.3, 0.4) is 0 Å². The summed E-state index contributed by atoms with van der Waals surface area (Å²) in [5, 5.41) is 3.28. The Morgan fingerprint density at radius 3 is 2.72 bits per heavy atom. The van der Waals surface area contributed by atoms with Crippen LogP contribution in [0.25, 0.3) is 0 Å². The predicted molar refractivity (Wildman–Crippen MR) is 75.2 cm³/mol. The molecule has 0 unspecified atom stereocenters. The molecule has 1 rings (SSSR count). The van der Waals surface area contributed by atoms with Crippen molar-refractivity contribution in [3.05, 3.63) is 22.8 Å². The van der Waals surface area contributed by atoms with Crippen LogP contribution < -0.4 is 5.32 Å². The maximum atomic E-state index is 12.2. The molecule has 1 N–H and O–H groups in total. The van der Waals surface area contributed by atoms with Gasteiger partial charge in [0.05, 0.1) is 5.02 Å². The molecule has 0 aliphatic carbocycles. The van der Waals surface area contributed by atoms with Gasteiger partial charge in [-0.2, -0.15) is 0 Å². The van der Waals surface area contributed by atoms with Gasteiger partial charge in [0.2, 0.25) is 0 Å². The molecule has 0 atom stereocenters. The van der Waals surface area contributed by atoms with E-state index in [0.29, 0.717) is 29.0 Å². The topological polar surface area (TPSA) is 45.2 Å². The minimum Gasteiger partial charge on any atom is -0.373 e. The fourth-order valence-corrected chi connectivity index (χ4v) is 1.65. The zero-order valence-electron chi connectivity index (χ0n) is 11.3. The molecule has 0 spiro atoms. The molecule has 0 fully saturated rings. The molecular formula is C13H20ClN3O. The van der Waals surface area contributed by atoms with Crippen molar-refractivity contribution in [2.75, 3.05) is 26.0 Å². The Bertz CT molecular complexity index is 421. The van der Waals surface area contributed by atoms with Gasteiger partial charge in [-0.3, -0.25) is 4.79 Å². The van der Waals surface area contributed by atoms with Crippen molar-refractivity contribution < 1.29 is 4.79 Å². The van der Waals surface area contributed by atoms with E-state index in [9.17, 15) is 4.79 Å². The largest absolute Gasteiger partial charge is 0.373 e. The fraction of sp³-hybridized carbons (Fsp3) is 0.538. The maximum Gasteiger partial charge on any atom is 0.273 e. The van der Waals surface area contributed by atoms with Crippen LogP contribution in [0, 0.1) is 5.92 Å². The van der Waals surface area contributed by atoms with Crippen molar-refractivity contribution >= 4 is 23.3 Å². The number of anilines is 1. The Hall–Kier alpha value is -1.29. The van der Waals surface area contributed by atoms with E-state index in [1.165, 1.54) is 0 Å². The molecule has 100 valence electrons. The quantitative estimate of drug-likeness (QED) is 0.894. The number of nitrogens with one attached hydrogen (secondary N) is 1. The third-order valence-electron chi connectivity index (χ3n) is 2.69. The van der Waals surface area contributed by atoms with E-state index in [-0.39, 0.29) is 5.91 Å². The molecule has 1 aromatic heterocycles. The SMILES string of the molecule is CNc1ccc(Cl)c(C(=O)N(C)CCC(C)C)n1. The average Bonchev–Trinajstić information content (AvgIpc) is 2.35. The zero-order valence-corrected chi connectivity index (χ0v) is 12.1. The molecule has 0 radical (unpaired) electrons. The van der Waals surface area contributed by atoms with Gasteiger partial charge in [-0.25, -0.2) is 4.98 Å². The number of aromatic nitrogens is 1. The van der Waals surface area contributed by atoms with Gasteiger partial charge >= 0.3 is 0 Å². The normalized spacial score (nSPS) is 10.6. The van der Waals surface area contributed by atoms with Crippen molar-refractivity contribution in [2.24, 2.45) is 5.92 Å². The molecule has 5 heteroatoms. The van der Waals surface area contributed by atoms with Crippen LogP contribution in [0.5, 0.6) is 0 Å². The van der Waals surface area contributed by atoms with Gasteiger partial charge in [0.15, 0.2) is 0 Å². The minimum absolute atomic E-state index is 0.141. The molecule has 4 nitrogen and oxygen atoms in total. The Morgan fingerprint density at radius 2 is 2.17 bits per heavy atom. The van der Waals surface area contributed by atoms with Crippen molar-refractivity contribution in [3.63, 3.8) is 0 Å². The molecular weight excluding hydrogens is 250 g/mol. The summed E-state index contributed by atoms with van der Waals surface area (Å²) in [5.41, 5.74) is 0.301. The predicted octanol–water partition coefficient (Wildman–Crippen LogP) is 2.89. The molecule has 18 heavy (non-hydrogen) atoms. The minimum atomic E-state index is -0.141. The number of carbonyl (C=O) groups excluding carboxylic acids is 1. The monoisotopic (exact) mass is 269 g/mol. The summed E-state index contributed by atoms with van der Waals surface area (Å²) in [4.78, 5) is 18.1. The van der Waals surface area contributed by atoms with Gasteiger partial charge in [-0.15, -0.1) is 0 Å². The Kier molecular flexibility index (Phi) is 5.41. The average molecular weight is 270 g/mol. The van der Waals surface area contributed by atoms with Gasteiger partial charge in [-0.1, -0.05) is 25.4 Å². The lowest BCUT2D eigenvalue weighted by Crippen LogP contribution is -2.29. The first kappa shape index (κ1) is 14.8. The summed E-state index contributed by atoms with van der Waals surface area (Å²) in [6, 6.07) is 3.43. The molecule has 1 amide bonds. The number of hydrogen-bond donors (Lipinski definition) is 1. The molecule has 0 aliphatic rings. The van der Waals surface area contributed by atoms with E-state index in [2.05, 4.69) is 24.1 Å². The van der Waals surface area contributed by atoms with E-state index in [1.807, 2.05) is 0 Å². The summed E-state index contributed by atoms with van der Waals surface area (Å²) in [6.07, 6.45) is 0.964. The first-order chi connectivity index (χ1) is 8.45. The Balaban J connectivity index is 2.82. The molecule has 0 aromatic carbocycles.